The summed E-state index contributed by atoms with van der Waals surface area (Å²) in [5.74, 6) is 2.21. The van der Waals surface area contributed by atoms with Crippen LogP contribution in [0.5, 0.6) is 0 Å². The smallest absolute Gasteiger partial charge is 0.366 e. The highest BCUT2D eigenvalue weighted by Crippen LogP contribution is 2.42. The lowest BCUT2D eigenvalue weighted by molar-refractivity contribution is -0.150. The molecule has 4 saturated heterocycles. The van der Waals surface area contributed by atoms with Gasteiger partial charge in [0.05, 0.1) is 18.4 Å². The van der Waals surface area contributed by atoms with Crippen LogP contribution in [0.15, 0.2) is 0 Å². The van der Waals surface area contributed by atoms with Crippen LogP contribution in [0.3, 0.4) is 0 Å². The van der Waals surface area contributed by atoms with Crippen molar-refractivity contribution in [3.05, 3.63) is 0 Å². The summed E-state index contributed by atoms with van der Waals surface area (Å²) < 4.78 is 45.8. The van der Waals surface area contributed by atoms with E-state index in [1.54, 1.807) is 14.0 Å². The molecule has 6 fully saturated rings. The van der Waals surface area contributed by atoms with Crippen LogP contribution in [-0.4, -0.2) is 105 Å². The van der Waals surface area contributed by atoms with E-state index >= 15 is 0 Å². The number of ether oxygens (including phenoxy) is 1. The Kier molecular flexibility index (Phi) is 8.41. The third-order valence-electron chi connectivity index (χ3n) is 10.9. The molecule has 4 aliphatic heterocycles. The third-order valence-corrected chi connectivity index (χ3v) is 10.9. The van der Waals surface area contributed by atoms with Gasteiger partial charge >= 0.3 is 6.18 Å². The summed E-state index contributed by atoms with van der Waals surface area (Å²) in [6.07, 6.45) is 3.20. The van der Waals surface area contributed by atoms with Crippen molar-refractivity contribution in [3.63, 3.8) is 0 Å². The van der Waals surface area contributed by atoms with Gasteiger partial charge in [0.1, 0.15) is 12.3 Å². The molecule has 0 radical (unpaired) electrons. The van der Waals surface area contributed by atoms with Gasteiger partial charge in [-0.15, -0.1) is 0 Å². The van der Waals surface area contributed by atoms with E-state index in [1.165, 1.54) is 12.8 Å². The molecule has 0 bridgehead atoms. The molecule has 2 aliphatic carbocycles. The minimum absolute atomic E-state index is 0.0263. The van der Waals surface area contributed by atoms with Gasteiger partial charge in [0.2, 0.25) is 5.91 Å². The molecule has 6 rings (SSSR count). The summed E-state index contributed by atoms with van der Waals surface area (Å²) in [6, 6.07) is -0.678. The van der Waals surface area contributed by atoms with Crippen LogP contribution in [-0.2, 0) is 9.53 Å². The summed E-state index contributed by atoms with van der Waals surface area (Å²) in [5.41, 5.74) is 0. The summed E-state index contributed by atoms with van der Waals surface area (Å²) in [7, 11) is 3.59. The maximum atomic E-state index is 13.3. The number of amides is 1. The molecular weight excluding hydrogens is 523 g/mol. The Morgan fingerprint density at radius 3 is 2.30 bits per heavy atom. The Balaban J connectivity index is 1.09. The van der Waals surface area contributed by atoms with Gasteiger partial charge in [-0.3, -0.25) is 31.0 Å². The summed E-state index contributed by atoms with van der Waals surface area (Å²) in [4.78, 5) is 16.5. The second-order valence-corrected chi connectivity index (χ2v) is 13.4. The first-order valence-corrected chi connectivity index (χ1v) is 15.4. The van der Waals surface area contributed by atoms with E-state index in [0.29, 0.717) is 23.8 Å². The highest BCUT2D eigenvalue weighted by Gasteiger charge is 2.52. The van der Waals surface area contributed by atoms with Crippen molar-refractivity contribution in [3.8, 4) is 0 Å². The van der Waals surface area contributed by atoms with E-state index in [2.05, 4.69) is 31.5 Å². The largest absolute Gasteiger partial charge is 0.405 e. The van der Waals surface area contributed by atoms with Crippen molar-refractivity contribution in [1.82, 2.24) is 36.4 Å². The van der Waals surface area contributed by atoms with Crippen molar-refractivity contribution < 1.29 is 22.7 Å². The molecule has 0 spiro atoms. The average Bonchev–Trinajstić information content (AvgIpc) is 3.61. The first kappa shape index (κ1) is 29.1. The maximum absolute atomic E-state index is 13.3. The van der Waals surface area contributed by atoms with Crippen molar-refractivity contribution in [2.24, 2.45) is 29.6 Å². The lowest BCUT2D eigenvalue weighted by Crippen LogP contribution is -2.72. The van der Waals surface area contributed by atoms with Crippen LogP contribution in [0.25, 0.3) is 0 Å². The molecule has 9 unspecified atom stereocenters. The predicted molar refractivity (Wildman–Crippen MR) is 145 cm³/mol. The molecule has 9 atom stereocenters. The standard InChI is InChI=1S/C28H48F3N7O2/c1-15(39)38-12-19(10-16-4-6-18(7-5-16)26-35-21(13-37(26)2)28(29,30)31)23-20(38)11-32-25(36-23)22-24(17-8-9-17)33-14-34-27(22)40-3/h16-27,32-36H,4-14H2,1-3H3. The fraction of sp³-hybridized carbons (Fsp3) is 0.964. The van der Waals surface area contributed by atoms with Gasteiger partial charge < -0.3 is 15.0 Å². The fourth-order valence-corrected chi connectivity index (χ4v) is 8.78. The number of rotatable bonds is 6. The highest BCUT2D eigenvalue weighted by atomic mass is 19.4. The number of carbonyl (C=O) groups is 1. The molecule has 9 nitrogen and oxygen atoms in total. The van der Waals surface area contributed by atoms with Crippen molar-refractivity contribution >= 4 is 5.91 Å². The van der Waals surface area contributed by atoms with Gasteiger partial charge in [-0.05, 0) is 62.8 Å². The number of hydrogen-bond donors (Lipinski definition) is 5. The molecule has 5 N–H and O–H groups in total. The first-order chi connectivity index (χ1) is 19.1. The number of carbonyl (C=O) groups excluding carboxylic acids is 1. The van der Waals surface area contributed by atoms with E-state index in [9.17, 15) is 18.0 Å². The number of likely N-dealkylation sites (tertiary alicyclic amines) is 1. The van der Waals surface area contributed by atoms with Crippen LogP contribution in [0, 0.1) is 29.6 Å². The first-order valence-electron chi connectivity index (χ1n) is 15.4. The molecule has 0 aromatic rings. The molecule has 0 aromatic heterocycles. The van der Waals surface area contributed by atoms with E-state index in [4.69, 9.17) is 4.74 Å². The monoisotopic (exact) mass is 571 g/mol. The molecule has 228 valence electrons. The number of nitrogens with zero attached hydrogens (tertiary/aromatic N) is 2. The average molecular weight is 572 g/mol. The van der Waals surface area contributed by atoms with Gasteiger partial charge in [0.25, 0.3) is 0 Å². The van der Waals surface area contributed by atoms with Crippen LogP contribution in [0.4, 0.5) is 13.2 Å². The summed E-state index contributed by atoms with van der Waals surface area (Å²) in [6.45, 7) is 4.00. The lowest BCUT2D eigenvalue weighted by atomic mass is 9.75. The van der Waals surface area contributed by atoms with Gasteiger partial charge in [-0.2, -0.15) is 13.2 Å². The van der Waals surface area contributed by atoms with Crippen LogP contribution >= 0.6 is 0 Å². The molecule has 2 saturated carbocycles. The van der Waals surface area contributed by atoms with E-state index < -0.39 is 12.2 Å². The molecule has 4 heterocycles. The zero-order valence-corrected chi connectivity index (χ0v) is 24.1. The minimum Gasteiger partial charge on any atom is -0.366 e. The Morgan fingerprint density at radius 2 is 1.68 bits per heavy atom. The van der Waals surface area contributed by atoms with E-state index in [1.807, 2.05) is 11.9 Å². The highest BCUT2D eigenvalue weighted by molar-refractivity contribution is 5.74. The Bertz CT molecular complexity index is 900. The van der Waals surface area contributed by atoms with Crippen molar-refractivity contribution in [2.75, 3.05) is 40.5 Å². The topological polar surface area (TPSA) is 92.9 Å². The number of halogens is 3. The van der Waals surface area contributed by atoms with Crippen LogP contribution in [0.1, 0.15) is 51.9 Å². The SMILES string of the molecule is COC1NCNC(C2CC2)C1C1NCC2C(N1)C(CC1CCC(C3NC(C(F)(F)F)CN3C)CC1)CN2C(C)=O. The quantitative estimate of drug-likeness (QED) is 0.325. The normalized spacial score (nSPS) is 45.0. The maximum Gasteiger partial charge on any atom is 0.405 e. The molecule has 1 amide bonds. The molecule has 0 aromatic carbocycles. The second kappa shape index (κ2) is 11.6. The molecular formula is C28H48F3N7O2. The number of fused-ring (bicyclic) bond motifs is 1. The number of methoxy groups -OCH3 is 1. The second-order valence-electron chi connectivity index (χ2n) is 13.4. The summed E-state index contributed by atoms with van der Waals surface area (Å²) in [5, 5.41) is 17.8. The van der Waals surface area contributed by atoms with Gasteiger partial charge in [-0.1, -0.05) is 12.8 Å². The minimum atomic E-state index is -4.20. The predicted octanol–water partition coefficient (Wildman–Crippen LogP) is 1.23. The zero-order valence-electron chi connectivity index (χ0n) is 24.1. The third kappa shape index (κ3) is 5.78. The fourth-order valence-electron chi connectivity index (χ4n) is 8.78. The Labute approximate surface area is 236 Å². The molecule has 40 heavy (non-hydrogen) atoms. The van der Waals surface area contributed by atoms with E-state index in [0.717, 1.165) is 51.9 Å². The van der Waals surface area contributed by atoms with Crippen molar-refractivity contribution in [1.29, 1.82) is 0 Å². The number of nitrogens with one attached hydrogen (secondary N) is 5. The lowest BCUT2D eigenvalue weighted by Gasteiger charge is -2.48. The number of hydrogen-bond acceptors (Lipinski definition) is 8. The van der Waals surface area contributed by atoms with Crippen LogP contribution in [0.2, 0.25) is 0 Å². The summed E-state index contributed by atoms with van der Waals surface area (Å²) >= 11 is 0. The molecule has 6 aliphatic rings. The Morgan fingerprint density at radius 1 is 0.950 bits per heavy atom. The molecule has 12 heteroatoms. The zero-order chi connectivity index (χ0) is 28.2. The van der Waals surface area contributed by atoms with Crippen LogP contribution < -0.4 is 26.6 Å². The number of alkyl halides is 3. The van der Waals surface area contributed by atoms with Crippen molar-refractivity contribution in [2.45, 2.75) is 101 Å². The van der Waals surface area contributed by atoms with Gasteiger partial charge in [0, 0.05) is 58.3 Å². The van der Waals surface area contributed by atoms with E-state index in [-0.39, 0.29) is 54.9 Å². The van der Waals surface area contributed by atoms with Gasteiger partial charge in [-0.25, -0.2) is 0 Å². The number of likely N-dealkylation sites (N-methyl/N-ethyl adjacent to an activating group) is 1. The van der Waals surface area contributed by atoms with Gasteiger partial charge in [0.15, 0.2) is 0 Å². The Hall–Kier alpha value is -1.02.